The molecule has 1 fully saturated rings. The third-order valence-corrected chi connectivity index (χ3v) is 3.78. The SMILES string of the molecule is CC1CCCC(C)N1NC(=O)Nc1ccc(Cl)cc1. The van der Waals surface area contributed by atoms with E-state index in [2.05, 4.69) is 24.6 Å². The average Bonchev–Trinajstić information content (AvgIpc) is 2.37. The van der Waals surface area contributed by atoms with Crippen molar-refractivity contribution in [1.82, 2.24) is 10.4 Å². The number of carbonyl (C=O) groups is 1. The number of urea groups is 1. The summed E-state index contributed by atoms with van der Waals surface area (Å²) in [4.78, 5) is 12.0. The highest BCUT2D eigenvalue weighted by atomic mass is 35.5. The number of nitrogens with one attached hydrogen (secondary N) is 2. The Morgan fingerprint density at radius 1 is 1.21 bits per heavy atom. The van der Waals surface area contributed by atoms with Gasteiger partial charge in [-0.2, -0.15) is 0 Å². The lowest BCUT2D eigenvalue weighted by atomic mass is 10.00. The Kier molecular flexibility index (Phi) is 4.66. The number of nitrogens with zero attached hydrogens (tertiary/aromatic N) is 1. The summed E-state index contributed by atoms with van der Waals surface area (Å²) in [6.07, 6.45) is 3.45. The molecule has 0 bridgehead atoms. The number of hydrazine groups is 1. The molecule has 0 spiro atoms. The van der Waals surface area contributed by atoms with Crippen molar-refractivity contribution in [3.8, 4) is 0 Å². The predicted molar refractivity (Wildman–Crippen MR) is 78.2 cm³/mol. The van der Waals surface area contributed by atoms with E-state index in [4.69, 9.17) is 11.6 Å². The van der Waals surface area contributed by atoms with Crippen molar-refractivity contribution in [2.45, 2.75) is 45.2 Å². The van der Waals surface area contributed by atoms with Gasteiger partial charge in [-0.1, -0.05) is 18.0 Å². The predicted octanol–water partition coefficient (Wildman–Crippen LogP) is 3.64. The van der Waals surface area contributed by atoms with Gasteiger partial charge in [-0.3, -0.25) is 5.43 Å². The lowest BCUT2D eigenvalue weighted by Gasteiger charge is -2.38. The molecule has 0 saturated carbocycles. The van der Waals surface area contributed by atoms with Gasteiger partial charge in [-0.15, -0.1) is 0 Å². The number of amides is 2. The summed E-state index contributed by atoms with van der Waals surface area (Å²) in [7, 11) is 0. The van der Waals surface area contributed by atoms with Crippen molar-refractivity contribution in [2.75, 3.05) is 5.32 Å². The maximum Gasteiger partial charge on any atom is 0.333 e. The Bertz CT molecular complexity index is 425. The first kappa shape index (κ1) is 14.2. The second-order valence-electron chi connectivity index (χ2n) is 5.11. The summed E-state index contributed by atoms with van der Waals surface area (Å²) in [6, 6.07) is 7.62. The van der Waals surface area contributed by atoms with Gasteiger partial charge in [0.2, 0.25) is 0 Å². The summed E-state index contributed by atoms with van der Waals surface area (Å²) < 4.78 is 0. The molecule has 1 heterocycles. The van der Waals surface area contributed by atoms with E-state index in [-0.39, 0.29) is 6.03 Å². The fourth-order valence-electron chi connectivity index (χ4n) is 2.45. The van der Waals surface area contributed by atoms with E-state index in [9.17, 15) is 4.79 Å². The first-order valence-corrected chi connectivity index (χ1v) is 7.05. The van der Waals surface area contributed by atoms with Crippen molar-refractivity contribution in [2.24, 2.45) is 0 Å². The van der Waals surface area contributed by atoms with Crippen molar-refractivity contribution in [1.29, 1.82) is 0 Å². The number of hydrogen-bond donors (Lipinski definition) is 2. The van der Waals surface area contributed by atoms with Gasteiger partial charge < -0.3 is 5.32 Å². The van der Waals surface area contributed by atoms with Gasteiger partial charge in [0, 0.05) is 22.8 Å². The monoisotopic (exact) mass is 281 g/mol. The van der Waals surface area contributed by atoms with Gasteiger partial charge in [0.25, 0.3) is 0 Å². The molecule has 2 N–H and O–H groups in total. The summed E-state index contributed by atoms with van der Waals surface area (Å²) >= 11 is 5.81. The molecule has 2 unspecified atom stereocenters. The Hall–Kier alpha value is -1.26. The second-order valence-corrected chi connectivity index (χ2v) is 5.55. The van der Waals surface area contributed by atoms with Crippen LogP contribution in [0.4, 0.5) is 10.5 Å². The summed E-state index contributed by atoms with van der Waals surface area (Å²) in [6.45, 7) is 4.27. The van der Waals surface area contributed by atoms with E-state index in [1.54, 1.807) is 24.3 Å². The molecule has 2 amide bonds. The van der Waals surface area contributed by atoms with Gasteiger partial charge in [0.1, 0.15) is 0 Å². The summed E-state index contributed by atoms with van der Waals surface area (Å²) in [5.41, 5.74) is 3.67. The fraction of sp³-hybridized carbons (Fsp3) is 0.500. The van der Waals surface area contributed by atoms with E-state index in [0.29, 0.717) is 17.1 Å². The molecule has 1 aromatic carbocycles. The van der Waals surface area contributed by atoms with Crippen LogP contribution in [0.3, 0.4) is 0 Å². The molecule has 0 aliphatic carbocycles. The van der Waals surface area contributed by atoms with Crippen LogP contribution in [-0.2, 0) is 0 Å². The number of rotatable bonds is 2. The molecule has 1 saturated heterocycles. The van der Waals surface area contributed by atoms with Crippen molar-refractivity contribution in [3.05, 3.63) is 29.3 Å². The van der Waals surface area contributed by atoms with Gasteiger partial charge in [0.05, 0.1) is 0 Å². The molecule has 1 aliphatic rings. The maximum absolute atomic E-state index is 12.0. The Morgan fingerprint density at radius 3 is 2.37 bits per heavy atom. The molecule has 2 atom stereocenters. The molecule has 5 heteroatoms. The fourth-order valence-corrected chi connectivity index (χ4v) is 2.58. The number of anilines is 1. The molecule has 0 radical (unpaired) electrons. The highest BCUT2D eigenvalue weighted by Gasteiger charge is 2.25. The van der Waals surface area contributed by atoms with Crippen LogP contribution < -0.4 is 10.7 Å². The molecule has 4 nitrogen and oxygen atoms in total. The van der Waals surface area contributed by atoms with E-state index in [0.717, 1.165) is 18.5 Å². The molecule has 0 aromatic heterocycles. The van der Waals surface area contributed by atoms with Crippen LogP contribution in [0.25, 0.3) is 0 Å². The van der Waals surface area contributed by atoms with Gasteiger partial charge in [-0.25, -0.2) is 9.80 Å². The van der Waals surface area contributed by atoms with Crippen LogP contribution >= 0.6 is 11.6 Å². The number of benzene rings is 1. The Labute approximate surface area is 119 Å². The van der Waals surface area contributed by atoms with Crippen LogP contribution in [0.15, 0.2) is 24.3 Å². The number of carbonyl (C=O) groups excluding carboxylic acids is 1. The maximum atomic E-state index is 12.0. The molecule has 1 aromatic rings. The highest BCUT2D eigenvalue weighted by molar-refractivity contribution is 6.30. The van der Waals surface area contributed by atoms with Crippen LogP contribution in [-0.4, -0.2) is 23.1 Å². The van der Waals surface area contributed by atoms with Crippen molar-refractivity contribution >= 4 is 23.3 Å². The largest absolute Gasteiger partial charge is 0.333 e. The first-order chi connectivity index (χ1) is 9.06. The van der Waals surface area contributed by atoms with Gasteiger partial charge in [0.15, 0.2) is 0 Å². The minimum Gasteiger partial charge on any atom is -0.307 e. The van der Waals surface area contributed by atoms with E-state index >= 15 is 0 Å². The molecule has 2 rings (SSSR count). The van der Waals surface area contributed by atoms with Crippen LogP contribution in [0.2, 0.25) is 5.02 Å². The third kappa shape index (κ3) is 3.85. The second kappa shape index (κ2) is 6.26. The normalized spacial score (nSPS) is 23.9. The average molecular weight is 282 g/mol. The lowest BCUT2D eigenvalue weighted by molar-refractivity contribution is 0.0625. The first-order valence-electron chi connectivity index (χ1n) is 6.68. The van der Waals surface area contributed by atoms with Crippen molar-refractivity contribution < 1.29 is 4.79 Å². The zero-order valence-corrected chi connectivity index (χ0v) is 12.1. The number of piperidine rings is 1. The molecule has 1 aliphatic heterocycles. The van der Waals surface area contributed by atoms with Gasteiger partial charge >= 0.3 is 6.03 Å². The van der Waals surface area contributed by atoms with Crippen LogP contribution in [0.5, 0.6) is 0 Å². The molecule has 104 valence electrons. The van der Waals surface area contributed by atoms with Crippen LogP contribution in [0, 0.1) is 0 Å². The smallest absolute Gasteiger partial charge is 0.307 e. The third-order valence-electron chi connectivity index (χ3n) is 3.53. The standard InChI is InChI=1S/C14H20ClN3O/c1-10-4-3-5-11(2)18(10)17-14(19)16-13-8-6-12(15)7-9-13/h6-11H,3-5H2,1-2H3,(H2,16,17,19). The summed E-state index contributed by atoms with van der Waals surface area (Å²) in [5.74, 6) is 0. The Balaban J connectivity index is 1.91. The zero-order valence-electron chi connectivity index (χ0n) is 11.3. The highest BCUT2D eigenvalue weighted by Crippen LogP contribution is 2.20. The van der Waals surface area contributed by atoms with E-state index < -0.39 is 0 Å². The number of hydrogen-bond acceptors (Lipinski definition) is 2. The summed E-state index contributed by atoms with van der Waals surface area (Å²) in [5, 5.41) is 5.50. The molecular formula is C14H20ClN3O. The van der Waals surface area contributed by atoms with E-state index in [1.165, 1.54) is 6.42 Å². The Morgan fingerprint density at radius 2 is 1.79 bits per heavy atom. The molecule has 19 heavy (non-hydrogen) atoms. The quantitative estimate of drug-likeness (QED) is 0.869. The topological polar surface area (TPSA) is 44.4 Å². The number of halogens is 1. The minimum absolute atomic E-state index is 0.206. The van der Waals surface area contributed by atoms with E-state index in [1.807, 2.05) is 5.01 Å². The lowest BCUT2D eigenvalue weighted by Crippen LogP contribution is -2.55. The van der Waals surface area contributed by atoms with Crippen LogP contribution in [0.1, 0.15) is 33.1 Å². The van der Waals surface area contributed by atoms with Gasteiger partial charge in [-0.05, 0) is 51.0 Å². The van der Waals surface area contributed by atoms with Crippen molar-refractivity contribution in [3.63, 3.8) is 0 Å². The zero-order chi connectivity index (χ0) is 13.8. The molecular weight excluding hydrogens is 262 g/mol. The minimum atomic E-state index is -0.206.